The number of ether oxygens (including phenoxy) is 1. The lowest BCUT2D eigenvalue weighted by atomic mass is 10.1. The minimum atomic E-state index is 0.300. The lowest BCUT2D eigenvalue weighted by molar-refractivity contribution is 0.0407. The van der Waals surface area contributed by atoms with Gasteiger partial charge in [0.2, 0.25) is 0 Å². The maximum absolute atomic E-state index is 5.85. The first kappa shape index (κ1) is 13.8. The van der Waals surface area contributed by atoms with Crippen LogP contribution < -0.4 is 10.2 Å². The van der Waals surface area contributed by atoms with Gasteiger partial charge in [0, 0.05) is 31.4 Å². The van der Waals surface area contributed by atoms with E-state index in [0.717, 1.165) is 38.0 Å². The summed E-state index contributed by atoms with van der Waals surface area (Å²) in [5, 5.41) is 3.56. The van der Waals surface area contributed by atoms with Crippen LogP contribution in [-0.2, 0) is 4.74 Å². The molecular formula is C16H25N3O. The van der Waals surface area contributed by atoms with Gasteiger partial charge in [-0.1, -0.05) is 13.8 Å². The van der Waals surface area contributed by atoms with Crippen molar-refractivity contribution in [3.05, 3.63) is 24.0 Å². The number of morpholine rings is 1. The molecule has 1 aromatic heterocycles. The van der Waals surface area contributed by atoms with Gasteiger partial charge in [-0.05, 0) is 30.9 Å². The van der Waals surface area contributed by atoms with Crippen LogP contribution in [0.1, 0.15) is 38.3 Å². The zero-order valence-corrected chi connectivity index (χ0v) is 12.5. The third kappa shape index (κ3) is 3.49. The van der Waals surface area contributed by atoms with Gasteiger partial charge in [0.1, 0.15) is 0 Å². The SMILES string of the molecule is CC(C)c1ccc(N2CCOC(CNC3CC3)C2)cn1. The van der Waals surface area contributed by atoms with Gasteiger partial charge in [0.15, 0.2) is 0 Å². The van der Waals surface area contributed by atoms with E-state index in [1.165, 1.54) is 18.5 Å². The first-order valence-electron chi connectivity index (χ1n) is 7.78. The van der Waals surface area contributed by atoms with Crippen LogP contribution in [0.15, 0.2) is 18.3 Å². The fraction of sp³-hybridized carbons (Fsp3) is 0.688. The number of rotatable bonds is 5. The smallest absolute Gasteiger partial charge is 0.0874 e. The Morgan fingerprint density at radius 3 is 2.90 bits per heavy atom. The number of hydrogen-bond acceptors (Lipinski definition) is 4. The van der Waals surface area contributed by atoms with Crippen molar-refractivity contribution in [2.75, 3.05) is 31.1 Å². The van der Waals surface area contributed by atoms with E-state index in [1.54, 1.807) is 0 Å². The highest BCUT2D eigenvalue weighted by atomic mass is 16.5. The second-order valence-corrected chi connectivity index (χ2v) is 6.22. The molecule has 1 unspecified atom stereocenters. The normalized spacial score (nSPS) is 23.4. The van der Waals surface area contributed by atoms with Crippen molar-refractivity contribution >= 4 is 5.69 Å². The van der Waals surface area contributed by atoms with Crippen molar-refractivity contribution in [3.63, 3.8) is 0 Å². The second kappa shape index (κ2) is 6.10. The fourth-order valence-electron chi connectivity index (χ4n) is 2.59. The summed E-state index contributed by atoms with van der Waals surface area (Å²) in [4.78, 5) is 6.95. The Balaban J connectivity index is 1.57. The van der Waals surface area contributed by atoms with E-state index in [9.17, 15) is 0 Å². The average molecular weight is 275 g/mol. The van der Waals surface area contributed by atoms with Crippen molar-refractivity contribution < 1.29 is 4.74 Å². The van der Waals surface area contributed by atoms with Crippen LogP contribution in [0.3, 0.4) is 0 Å². The van der Waals surface area contributed by atoms with E-state index in [4.69, 9.17) is 4.74 Å². The molecule has 4 heteroatoms. The van der Waals surface area contributed by atoms with E-state index in [2.05, 4.69) is 41.2 Å². The van der Waals surface area contributed by atoms with Crippen LogP contribution in [0, 0.1) is 0 Å². The van der Waals surface area contributed by atoms with Crippen LogP contribution >= 0.6 is 0 Å². The Morgan fingerprint density at radius 1 is 1.40 bits per heavy atom. The van der Waals surface area contributed by atoms with Crippen LogP contribution in [0.25, 0.3) is 0 Å². The molecule has 1 aliphatic heterocycles. The van der Waals surface area contributed by atoms with E-state index in [0.29, 0.717) is 12.0 Å². The van der Waals surface area contributed by atoms with E-state index < -0.39 is 0 Å². The summed E-state index contributed by atoms with van der Waals surface area (Å²) in [6, 6.07) is 5.09. The molecule has 0 spiro atoms. The molecular weight excluding hydrogens is 250 g/mol. The summed E-state index contributed by atoms with van der Waals surface area (Å²) < 4.78 is 5.85. The molecule has 20 heavy (non-hydrogen) atoms. The van der Waals surface area contributed by atoms with Gasteiger partial charge in [-0.15, -0.1) is 0 Å². The Bertz CT molecular complexity index is 428. The largest absolute Gasteiger partial charge is 0.373 e. The van der Waals surface area contributed by atoms with Crippen molar-refractivity contribution in [2.24, 2.45) is 0 Å². The summed E-state index contributed by atoms with van der Waals surface area (Å²) in [5.41, 5.74) is 2.38. The van der Waals surface area contributed by atoms with E-state index >= 15 is 0 Å². The lowest BCUT2D eigenvalue weighted by Gasteiger charge is -2.34. The average Bonchev–Trinajstić information content (AvgIpc) is 3.30. The number of anilines is 1. The molecule has 0 aromatic carbocycles. The predicted octanol–water partition coefficient (Wildman–Crippen LogP) is 2.16. The van der Waals surface area contributed by atoms with Gasteiger partial charge in [0.25, 0.3) is 0 Å². The number of pyridine rings is 1. The molecule has 1 N–H and O–H groups in total. The monoisotopic (exact) mass is 275 g/mol. The zero-order chi connectivity index (χ0) is 13.9. The third-order valence-electron chi connectivity index (χ3n) is 4.08. The van der Waals surface area contributed by atoms with Gasteiger partial charge < -0.3 is 15.0 Å². The first-order chi connectivity index (χ1) is 9.72. The van der Waals surface area contributed by atoms with Gasteiger partial charge >= 0.3 is 0 Å². The van der Waals surface area contributed by atoms with Gasteiger partial charge in [-0.2, -0.15) is 0 Å². The van der Waals surface area contributed by atoms with E-state index in [1.807, 2.05) is 6.20 Å². The van der Waals surface area contributed by atoms with Crippen molar-refractivity contribution in [1.29, 1.82) is 0 Å². The lowest BCUT2D eigenvalue weighted by Crippen LogP contribution is -2.47. The van der Waals surface area contributed by atoms with Crippen LogP contribution in [0.5, 0.6) is 0 Å². The molecule has 2 fully saturated rings. The molecule has 2 aliphatic rings. The summed E-state index contributed by atoms with van der Waals surface area (Å²) in [6.07, 6.45) is 4.97. The maximum Gasteiger partial charge on any atom is 0.0874 e. The highest BCUT2D eigenvalue weighted by Gasteiger charge is 2.25. The molecule has 1 saturated heterocycles. The molecule has 1 aliphatic carbocycles. The third-order valence-corrected chi connectivity index (χ3v) is 4.08. The molecule has 110 valence electrons. The molecule has 3 rings (SSSR count). The minimum Gasteiger partial charge on any atom is -0.373 e. The molecule has 2 heterocycles. The molecule has 0 radical (unpaired) electrons. The first-order valence-corrected chi connectivity index (χ1v) is 7.78. The molecule has 1 saturated carbocycles. The second-order valence-electron chi connectivity index (χ2n) is 6.22. The topological polar surface area (TPSA) is 37.4 Å². The number of aromatic nitrogens is 1. The zero-order valence-electron chi connectivity index (χ0n) is 12.5. The van der Waals surface area contributed by atoms with Crippen molar-refractivity contribution in [3.8, 4) is 0 Å². The molecule has 4 nitrogen and oxygen atoms in total. The summed E-state index contributed by atoms with van der Waals surface area (Å²) in [6.45, 7) is 8.05. The summed E-state index contributed by atoms with van der Waals surface area (Å²) in [5.74, 6) is 0.490. The summed E-state index contributed by atoms with van der Waals surface area (Å²) >= 11 is 0. The van der Waals surface area contributed by atoms with Crippen molar-refractivity contribution in [1.82, 2.24) is 10.3 Å². The molecule has 0 amide bonds. The highest BCUT2D eigenvalue weighted by Crippen LogP contribution is 2.21. The number of nitrogens with zero attached hydrogens (tertiary/aromatic N) is 2. The highest BCUT2D eigenvalue weighted by molar-refractivity contribution is 5.45. The predicted molar refractivity (Wildman–Crippen MR) is 81.3 cm³/mol. The number of nitrogens with one attached hydrogen (secondary N) is 1. The Kier molecular flexibility index (Phi) is 4.22. The van der Waals surface area contributed by atoms with Crippen LogP contribution in [-0.4, -0.2) is 43.4 Å². The fourth-order valence-corrected chi connectivity index (χ4v) is 2.59. The number of hydrogen-bond donors (Lipinski definition) is 1. The van der Waals surface area contributed by atoms with Crippen LogP contribution in [0.4, 0.5) is 5.69 Å². The summed E-state index contributed by atoms with van der Waals surface area (Å²) in [7, 11) is 0. The van der Waals surface area contributed by atoms with Gasteiger partial charge in [-0.25, -0.2) is 0 Å². The van der Waals surface area contributed by atoms with Gasteiger partial charge in [0.05, 0.1) is 24.6 Å². The minimum absolute atomic E-state index is 0.300. The Labute approximate surface area is 121 Å². The molecule has 0 bridgehead atoms. The molecule has 1 atom stereocenters. The maximum atomic E-state index is 5.85. The Hall–Kier alpha value is -1.13. The molecule has 1 aromatic rings. The van der Waals surface area contributed by atoms with Crippen LogP contribution in [0.2, 0.25) is 0 Å². The van der Waals surface area contributed by atoms with Gasteiger partial charge in [-0.3, -0.25) is 4.98 Å². The quantitative estimate of drug-likeness (QED) is 0.893. The Morgan fingerprint density at radius 2 is 2.25 bits per heavy atom. The van der Waals surface area contributed by atoms with Crippen molar-refractivity contribution in [2.45, 2.75) is 44.8 Å². The standard InChI is InChI=1S/C16H25N3O/c1-12(2)16-6-5-14(9-18-16)19-7-8-20-15(11-19)10-17-13-3-4-13/h5-6,9,12-13,15,17H,3-4,7-8,10-11H2,1-2H3. The van der Waals surface area contributed by atoms with E-state index in [-0.39, 0.29) is 0 Å².